The maximum absolute atomic E-state index is 4.32. The quantitative estimate of drug-likeness (QED) is 0.775. The zero-order valence-corrected chi connectivity index (χ0v) is 9.98. The summed E-state index contributed by atoms with van der Waals surface area (Å²) in [5.41, 5.74) is 1.10. The summed E-state index contributed by atoms with van der Waals surface area (Å²) in [5, 5.41) is 3.35. The van der Waals surface area contributed by atoms with Gasteiger partial charge in [0.1, 0.15) is 12.1 Å². The average Bonchev–Trinajstić information content (AvgIpc) is 2.30. The molecule has 1 aliphatic heterocycles. The van der Waals surface area contributed by atoms with Gasteiger partial charge in [-0.25, -0.2) is 9.97 Å². The lowest BCUT2D eigenvalue weighted by Gasteiger charge is -2.26. The summed E-state index contributed by atoms with van der Waals surface area (Å²) in [7, 11) is 3.99. The molecule has 0 unspecified atom stereocenters. The van der Waals surface area contributed by atoms with Crippen LogP contribution in [0.2, 0.25) is 0 Å². The summed E-state index contributed by atoms with van der Waals surface area (Å²) in [6.45, 7) is 5.27. The molecule has 5 heteroatoms. The van der Waals surface area contributed by atoms with Crippen molar-refractivity contribution in [2.45, 2.75) is 6.54 Å². The zero-order valence-electron chi connectivity index (χ0n) is 9.98. The fourth-order valence-electron chi connectivity index (χ4n) is 1.82. The fourth-order valence-corrected chi connectivity index (χ4v) is 1.82. The van der Waals surface area contributed by atoms with Gasteiger partial charge in [0.2, 0.25) is 0 Å². The predicted molar refractivity (Wildman–Crippen MR) is 64.5 cm³/mol. The molecule has 0 bridgehead atoms. The fraction of sp³-hybridized carbons (Fsp3) is 0.636. The summed E-state index contributed by atoms with van der Waals surface area (Å²) in [6.07, 6.45) is 1.65. The Morgan fingerprint density at radius 3 is 2.75 bits per heavy atom. The monoisotopic (exact) mass is 221 g/mol. The second-order valence-corrected chi connectivity index (χ2v) is 4.29. The highest BCUT2D eigenvalue weighted by atomic mass is 15.2. The van der Waals surface area contributed by atoms with Crippen LogP contribution in [0, 0.1) is 0 Å². The number of anilines is 1. The lowest BCUT2D eigenvalue weighted by molar-refractivity contribution is 0.230. The van der Waals surface area contributed by atoms with E-state index in [4.69, 9.17) is 0 Å². The average molecular weight is 221 g/mol. The first-order valence-corrected chi connectivity index (χ1v) is 5.67. The molecule has 16 heavy (non-hydrogen) atoms. The number of hydrogen-bond donors (Lipinski definition) is 1. The Balaban J connectivity index is 2.00. The van der Waals surface area contributed by atoms with Crippen LogP contribution in [0.5, 0.6) is 0 Å². The van der Waals surface area contributed by atoms with E-state index in [1.807, 2.05) is 19.0 Å². The minimum Gasteiger partial charge on any atom is -0.363 e. The van der Waals surface area contributed by atoms with Gasteiger partial charge in [0.05, 0.1) is 5.69 Å². The van der Waals surface area contributed by atoms with E-state index in [-0.39, 0.29) is 0 Å². The Hall–Kier alpha value is -1.20. The van der Waals surface area contributed by atoms with Crippen molar-refractivity contribution in [2.75, 3.05) is 45.2 Å². The molecule has 1 aromatic heterocycles. The van der Waals surface area contributed by atoms with Crippen LogP contribution in [0.1, 0.15) is 5.69 Å². The summed E-state index contributed by atoms with van der Waals surface area (Å²) >= 11 is 0. The van der Waals surface area contributed by atoms with E-state index in [1.165, 1.54) is 0 Å². The molecule has 0 radical (unpaired) electrons. The van der Waals surface area contributed by atoms with Gasteiger partial charge in [-0.2, -0.15) is 0 Å². The van der Waals surface area contributed by atoms with Gasteiger partial charge < -0.3 is 10.2 Å². The van der Waals surface area contributed by atoms with E-state index in [9.17, 15) is 0 Å². The summed E-state index contributed by atoms with van der Waals surface area (Å²) in [5.74, 6) is 0.972. The third kappa shape index (κ3) is 2.90. The van der Waals surface area contributed by atoms with Crippen molar-refractivity contribution in [3.63, 3.8) is 0 Å². The largest absolute Gasteiger partial charge is 0.363 e. The number of aromatic nitrogens is 2. The smallest absolute Gasteiger partial charge is 0.131 e. The van der Waals surface area contributed by atoms with Crippen LogP contribution < -0.4 is 10.2 Å². The van der Waals surface area contributed by atoms with E-state index in [2.05, 4.69) is 26.3 Å². The molecule has 1 aromatic rings. The topological polar surface area (TPSA) is 44.3 Å². The summed E-state index contributed by atoms with van der Waals surface area (Å²) in [4.78, 5) is 12.9. The van der Waals surface area contributed by atoms with Crippen LogP contribution in [0.15, 0.2) is 12.4 Å². The van der Waals surface area contributed by atoms with Gasteiger partial charge in [0, 0.05) is 52.9 Å². The van der Waals surface area contributed by atoms with E-state index < -0.39 is 0 Å². The SMILES string of the molecule is CN(C)c1cc(CN2CCNCC2)ncn1. The maximum Gasteiger partial charge on any atom is 0.131 e. The first-order chi connectivity index (χ1) is 7.75. The van der Waals surface area contributed by atoms with Crippen LogP contribution in [-0.4, -0.2) is 55.1 Å². The molecule has 2 rings (SSSR count). The lowest BCUT2D eigenvalue weighted by atomic mass is 10.3. The number of rotatable bonds is 3. The van der Waals surface area contributed by atoms with Crippen LogP contribution in [0.4, 0.5) is 5.82 Å². The second-order valence-electron chi connectivity index (χ2n) is 4.29. The van der Waals surface area contributed by atoms with Gasteiger partial charge in [-0.3, -0.25) is 4.90 Å². The molecule has 1 fully saturated rings. The zero-order chi connectivity index (χ0) is 11.4. The lowest BCUT2D eigenvalue weighted by Crippen LogP contribution is -2.43. The van der Waals surface area contributed by atoms with Crippen molar-refractivity contribution in [3.8, 4) is 0 Å². The first-order valence-electron chi connectivity index (χ1n) is 5.67. The van der Waals surface area contributed by atoms with Gasteiger partial charge >= 0.3 is 0 Å². The first kappa shape index (κ1) is 11.3. The molecule has 0 atom stereocenters. The van der Waals surface area contributed by atoms with E-state index in [0.717, 1.165) is 44.2 Å². The van der Waals surface area contributed by atoms with Gasteiger partial charge in [0.15, 0.2) is 0 Å². The molecule has 0 aliphatic carbocycles. The van der Waals surface area contributed by atoms with E-state index >= 15 is 0 Å². The highest BCUT2D eigenvalue weighted by Crippen LogP contribution is 2.09. The maximum atomic E-state index is 4.32. The third-order valence-corrected chi connectivity index (χ3v) is 2.76. The van der Waals surface area contributed by atoms with Crippen LogP contribution in [0.3, 0.4) is 0 Å². The van der Waals surface area contributed by atoms with Crippen LogP contribution >= 0.6 is 0 Å². The Kier molecular flexibility index (Phi) is 3.69. The molecule has 1 aliphatic rings. The number of nitrogens with zero attached hydrogens (tertiary/aromatic N) is 4. The molecular formula is C11H19N5. The molecule has 0 spiro atoms. The summed E-state index contributed by atoms with van der Waals surface area (Å²) < 4.78 is 0. The number of piperazine rings is 1. The Morgan fingerprint density at radius 1 is 1.31 bits per heavy atom. The molecule has 1 N–H and O–H groups in total. The van der Waals surface area contributed by atoms with Gasteiger partial charge in [-0.05, 0) is 0 Å². The molecule has 88 valence electrons. The Bertz CT molecular complexity index is 333. The van der Waals surface area contributed by atoms with Crippen molar-refractivity contribution in [2.24, 2.45) is 0 Å². The van der Waals surface area contributed by atoms with Crippen LogP contribution in [0.25, 0.3) is 0 Å². The van der Waals surface area contributed by atoms with Crippen LogP contribution in [-0.2, 0) is 6.54 Å². The standard InChI is InChI=1S/C11H19N5/c1-15(2)11-7-10(13-9-14-11)8-16-5-3-12-4-6-16/h7,9,12H,3-6,8H2,1-2H3. The molecule has 0 saturated carbocycles. The predicted octanol–water partition coefficient (Wildman–Crippen LogP) is -0.0522. The Morgan fingerprint density at radius 2 is 2.06 bits per heavy atom. The Labute approximate surface area is 96.5 Å². The van der Waals surface area contributed by atoms with Gasteiger partial charge in [0.25, 0.3) is 0 Å². The van der Waals surface area contributed by atoms with E-state index in [0.29, 0.717) is 0 Å². The highest BCUT2D eigenvalue weighted by molar-refractivity contribution is 5.36. The van der Waals surface area contributed by atoms with Gasteiger partial charge in [-0.1, -0.05) is 0 Å². The minimum atomic E-state index is 0.922. The number of nitrogens with one attached hydrogen (secondary N) is 1. The van der Waals surface area contributed by atoms with Crippen molar-refractivity contribution in [3.05, 3.63) is 18.1 Å². The van der Waals surface area contributed by atoms with E-state index in [1.54, 1.807) is 6.33 Å². The van der Waals surface area contributed by atoms with Crippen molar-refractivity contribution in [1.82, 2.24) is 20.2 Å². The third-order valence-electron chi connectivity index (χ3n) is 2.76. The highest BCUT2D eigenvalue weighted by Gasteiger charge is 2.11. The van der Waals surface area contributed by atoms with Crippen molar-refractivity contribution >= 4 is 5.82 Å². The second kappa shape index (κ2) is 5.23. The van der Waals surface area contributed by atoms with Crippen molar-refractivity contribution < 1.29 is 0 Å². The molecule has 0 amide bonds. The van der Waals surface area contributed by atoms with Crippen molar-refractivity contribution in [1.29, 1.82) is 0 Å². The summed E-state index contributed by atoms with van der Waals surface area (Å²) in [6, 6.07) is 2.06. The molecule has 5 nitrogen and oxygen atoms in total. The molecule has 0 aromatic carbocycles. The molecule has 2 heterocycles. The molecular weight excluding hydrogens is 202 g/mol. The minimum absolute atomic E-state index is 0.922. The van der Waals surface area contributed by atoms with Gasteiger partial charge in [-0.15, -0.1) is 0 Å². The molecule has 1 saturated heterocycles. The number of hydrogen-bond acceptors (Lipinski definition) is 5. The normalized spacial score (nSPS) is 17.4.